The minimum Gasteiger partial charge on any atom is -0.337 e. The van der Waals surface area contributed by atoms with Crippen molar-refractivity contribution in [2.75, 3.05) is 20.1 Å². The van der Waals surface area contributed by atoms with Crippen molar-refractivity contribution in [2.24, 2.45) is 5.92 Å². The molecule has 0 bridgehead atoms. The van der Waals surface area contributed by atoms with Crippen LogP contribution >= 0.6 is 11.6 Å². The van der Waals surface area contributed by atoms with Gasteiger partial charge in [0.05, 0.1) is 17.4 Å². The second-order valence-electron chi connectivity index (χ2n) is 8.23. The van der Waals surface area contributed by atoms with E-state index in [2.05, 4.69) is 10.1 Å². The quantitative estimate of drug-likeness (QED) is 0.524. The highest BCUT2D eigenvalue weighted by molar-refractivity contribution is 7.89. The molecule has 2 aromatic carbocycles. The Morgan fingerprint density at radius 3 is 2.58 bits per heavy atom. The van der Waals surface area contributed by atoms with Gasteiger partial charge in [0.1, 0.15) is 0 Å². The Balaban J connectivity index is 1.41. The van der Waals surface area contributed by atoms with Crippen molar-refractivity contribution in [3.8, 4) is 11.4 Å². The van der Waals surface area contributed by atoms with Gasteiger partial charge in [0.15, 0.2) is 0 Å². The molecule has 0 radical (unpaired) electrons. The molecule has 1 fully saturated rings. The summed E-state index contributed by atoms with van der Waals surface area (Å²) >= 11 is 5.91. The number of halogens is 1. The van der Waals surface area contributed by atoms with Crippen LogP contribution in [-0.2, 0) is 21.4 Å². The largest absolute Gasteiger partial charge is 0.337 e. The van der Waals surface area contributed by atoms with Crippen LogP contribution in [0.1, 0.15) is 24.3 Å². The summed E-state index contributed by atoms with van der Waals surface area (Å²) in [4.78, 5) is 19.2. The maximum atomic E-state index is 13.1. The molecule has 8 nitrogen and oxygen atoms in total. The molecule has 33 heavy (non-hydrogen) atoms. The molecule has 1 aliphatic rings. The van der Waals surface area contributed by atoms with Crippen molar-refractivity contribution in [2.45, 2.75) is 31.2 Å². The van der Waals surface area contributed by atoms with Gasteiger partial charge >= 0.3 is 0 Å². The van der Waals surface area contributed by atoms with Gasteiger partial charge in [-0.3, -0.25) is 4.79 Å². The summed E-state index contributed by atoms with van der Waals surface area (Å²) in [6.07, 6.45) is 1.25. The number of carbonyl (C=O) groups excluding carboxylic acids is 1. The summed E-state index contributed by atoms with van der Waals surface area (Å²) in [5.41, 5.74) is 1.75. The lowest BCUT2D eigenvalue weighted by molar-refractivity contribution is -0.136. The molecule has 4 rings (SSSR count). The third-order valence-electron chi connectivity index (χ3n) is 5.71. The summed E-state index contributed by atoms with van der Waals surface area (Å²) < 4.78 is 32.8. The minimum atomic E-state index is -3.65. The predicted octanol–water partition coefficient (Wildman–Crippen LogP) is 3.76. The number of aryl methyl sites for hydroxylation is 1. The van der Waals surface area contributed by atoms with Crippen LogP contribution in [0.25, 0.3) is 11.4 Å². The fourth-order valence-corrected chi connectivity index (χ4v) is 5.50. The molecule has 1 unspecified atom stereocenters. The molecule has 174 valence electrons. The van der Waals surface area contributed by atoms with Crippen LogP contribution in [0.5, 0.6) is 0 Å². The van der Waals surface area contributed by atoms with Crippen LogP contribution in [0, 0.1) is 12.8 Å². The van der Waals surface area contributed by atoms with Crippen LogP contribution in [-0.4, -0.2) is 53.8 Å². The predicted molar refractivity (Wildman–Crippen MR) is 124 cm³/mol. The monoisotopic (exact) mass is 488 g/mol. The van der Waals surface area contributed by atoms with Crippen molar-refractivity contribution >= 4 is 27.5 Å². The molecule has 0 spiro atoms. The van der Waals surface area contributed by atoms with E-state index in [1.54, 1.807) is 55.6 Å². The Morgan fingerprint density at radius 1 is 1.18 bits per heavy atom. The molecule has 0 aliphatic carbocycles. The van der Waals surface area contributed by atoms with Gasteiger partial charge in [-0.2, -0.15) is 9.29 Å². The van der Waals surface area contributed by atoms with Crippen molar-refractivity contribution < 1.29 is 17.7 Å². The SMILES string of the molecule is Cc1ccc(S(=O)(=O)N2CCCC(C(=O)N(C)Cc3nc(-c4ccc(Cl)cc4)no3)C2)cc1. The zero-order valence-electron chi connectivity index (χ0n) is 18.4. The maximum Gasteiger partial charge on any atom is 0.246 e. The number of aromatic nitrogens is 2. The highest BCUT2D eigenvalue weighted by Gasteiger charge is 2.34. The first-order valence-electron chi connectivity index (χ1n) is 10.6. The van der Waals surface area contributed by atoms with Crippen LogP contribution < -0.4 is 0 Å². The molecule has 0 N–H and O–H groups in total. The van der Waals surface area contributed by atoms with Crippen LogP contribution in [0.15, 0.2) is 57.9 Å². The zero-order valence-corrected chi connectivity index (χ0v) is 20.0. The fourth-order valence-electron chi connectivity index (χ4n) is 3.85. The number of carbonyl (C=O) groups is 1. The molecule has 1 aromatic heterocycles. The molecule has 1 amide bonds. The number of benzene rings is 2. The highest BCUT2D eigenvalue weighted by atomic mass is 35.5. The Labute approximate surface area is 198 Å². The van der Waals surface area contributed by atoms with Gasteiger partial charge in [0, 0.05) is 30.7 Å². The number of rotatable bonds is 6. The molecule has 2 heterocycles. The van der Waals surface area contributed by atoms with Gasteiger partial charge in [-0.05, 0) is 56.2 Å². The Kier molecular flexibility index (Phi) is 6.83. The number of sulfonamides is 1. The van der Waals surface area contributed by atoms with Crippen molar-refractivity contribution in [1.29, 1.82) is 0 Å². The summed E-state index contributed by atoms with van der Waals surface area (Å²) in [5.74, 6) is 0.138. The summed E-state index contributed by atoms with van der Waals surface area (Å²) in [6, 6.07) is 13.8. The van der Waals surface area contributed by atoms with Gasteiger partial charge in [-0.15, -0.1) is 0 Å². The van der Waals surface area contributed by atoms with Gasteiger partial charge in [-0.25, -0.2) is 8.42 Å². The molecule has 10 heteroatoms. The number of hydrogen-bond acceptors (Lipinski definition) is 6. The van der Waals surface area contributed by atoms with Crippen molar-refractivity contribution in [3.63, 3.8) is 0 Å². The lowest BCUT2D eigenvalue weighted by Crippen LogP contribution is -2.45. The Morgan fingerprint density at radius 2 is 1.88 bits per heavy atom. The number of nitrogens with zero attached hydrogens (tertiary/aromatic N) is 4. The number of hydrogen-bond donors (Lipinski definition) is 0. The lowest BCUT2D eigenvalue weighted by atomic mass is 9.98. The zero-order chi connectivity index (χ0) is 23.6. The normalized spacial score (nSPS) is 17.1. The highest BCUT2D eigenvalue weighted by Crippen LogP contribution is 2.26. The lowest BCUT2D eigenvalue weighted by Gasteiger charge is -2.33. The van der Waals surface area contributed by atoms with Crippen molar-refractivity contribution in [1.82, 2.24) is 19.3 Å². The topological polar surface area (TPSA) is 96.6 Å². The van der Waals surface area contributed by atoms with Crippen molar-refractivity contribution in [3.05, 3.63) is 65.0 Å². The van der Waals surface area contributed by atoms with E-state index in [0.29, 0.717) is 36.1 Å². The second-order valence-corrected chi connectivity index (χ2v) is 10.6. The van der Waals surface area contributed by atoms with E-state index in [9.17, 15) is 13.2 Å². The van der Waals surface area contributed by atoms with E-state index in [4.69, 9.17) is 16.1 Å². The van der Waals surface area contributed by atoms with E-state index in [1.165, 1.54) is 9.21 Å². The van der Waals surface area contributed by atoms with E-state index < -0.39 is 15.9 Å². The van der Waals surface area contributed by atoms with Crippen LogP contribution in [0.3, 0.4) is 0 Å². The molecule has 0 saturated carbocycles. The number of piperidine rings is 1. The summed E-state index contributed by atoms with van der Waals surface area (Å²) in [5, 5.41) is 4.58. The molecule has 1 atom stereocenters. The average molecular weight is 489 g/mol. The molecular weight excluding hydrogens is 464 g/mol. The fraction of sp³-hybridized carbons (Fsp3) is 0.348. The van der Waals surface area contributed by atoms with Crippen LogP contribution in [0.2, 0.25) is 5.02 Å². The minimum absolute atomic E-state index is 0.140. The van der Waals surface area contributed by atoms with Crippen LogP contribution in [0.4, 0.5) is 0 Å². The molecule has 1 saturated heterocycles. The van der Waals surface area contributed by atoms with E-state index in [0.717, 1.165) is 11.1 Å². The van der Waals surface area contributed by atoms with Gasteiger partial charge in [0.2, 0.25) is 27.6 Å². The number of amides is 1. The van der Waals surface area contributed by atoms with E-state index in [1.807, 2.05) is 6.92 Å². The summed E-state index contributed by atoms with van der Waals surface area (Å²) in [7, 11) is -1.99. The first-order valence-corrected chi connectivity index (χ1v) is 12.5. The second kappa shape index (κ2) is 9.62. The summed E-state index contributed by atoms with van der Waals surface area (Å²) in [6.45, 7) is 2.60. The van der Waals surface area contributed by atoms with Gasteiger partial charge < -0.3 is 9.42 Å². The average Bonchev–Trinajstić information content (AvgIpc) is 3.27. The third kappa shape index (κ3) is 5.26. The Hall–Kier alpha value is -2.75. The Bertz CT molecular complexity index is 1230. The maximum absolute atomic E-state index is 13.1. The third-order valence-corrected chi connectivity index (χ3v) is 7.84. The smallest absolute Gasteiger partial charge is 0.246 e. The standard InChI is InChI=1S/C23H25ClN4O4S/c1-16-5-11-20(12-6-16)33(30,31)28-13-3-4-18(14-28)23(29)27(2)15-21-25-22(26-32-21)17-7-9-19(24)10-8-17/h5-12,18H,3-4,13-15H2,1-2H3. The van der Waals surface area contributed by atoms with Gasteiger partial charge in [-0.1, -0.05) is 34.5 Å². The first kappa shape index (κ1) is 23.4. The molecule has 1 aliphatic heterocycles. The molecule has 3 aromatic rings. The van der Waals surface area contributed by atoms with Gasteiger partial charge in [0.25, 0.3) is 0 Å². The van der Waals surface area contributed by atoms with E-state index >= 15 is 0 Å². The first-order chi connectivity index (χ1) is 15.7. The van der Waals surface area contributed by atoms with E-state index in [-0.39, 0.29) is 23.9 Å². The molecular formula is C23H25ClN4O4S.